The van der Waals surface area contributed by atoms with Gasteiger partial charge in [0.25, 0.3) is 0 Å². The van der Waals surface area contributed by atoms with Gasteiger partial charge in [-0.1, -0.05) is 30.3 Å². The first-order valence-electron chi connectivity index (χ1n) is 13.9. The smallest absolute Gasteiger partial charge is 0.214 e. The van der Waals surface area contributed by atoms with E-state index in [1.54, 1.807) is 27.5 Å². The Morgan fingerprint density at radius 1 is 0.951 bits per heavy atom. The van der Waals surface area contributed by atoms with Crippen LogP contribution in [0.25, 0.3) is 10.8 Å². The van der Waals surface area contributed by atoms with Gasteiger partial charge in [-0.25, -0.2) is 4.90 Å². The van der Waals surface area contributed by atoms with Crippen LogP contribution in [0, 0.1) is 0 Å². The van der Waals surface area contributed by atoms with Crippen molar-refractivity contribution in [1.82, 2.24) is 4.90 Å². The van der Waals surface area contributed by atoms with Crippen molar-refractivity contribution in [2.45, 2.75) is 19.3 Å². The van der Waals surface area contributed by atoms with E-state index >= 15 is 0 Å². The number of nitrogens with zero attached hydrogens (tertiary/aromatic N) is 4. The van der Waals surface area contributed by atoms with E-state index in [0.717, 1.165) is 74.2 Å². The molecule has 1 saturated heterocycles. The molecule has 0 unspecified atom stereocenters. The van der Waals surface area contributed by atoms with Gasteiger partial charge in [0.2, 0.25) is 11.8 Å². The number of fused-ring (bicyclic) bond motifs is 1. The molecule has 3 aromatic carbocycles. The Morgan fingerprint density at radius 3 is 2.51 bits per heavy atom. The number of anilines is 3. The highest BCUT2D eigenvalue weighted by atomic mass is 16.5. The van der Waals surface area contributed by atoms with E-state index in [0.29, 0.717) is 17.6 Å². The standard InChI is InChI=1S/C32H39N5O3.H2O/c1-34-32(33)37(31-28-13-5-4-10-25(28)23-40-31)29-21-24(14-15-30(29)39-3)9-6-7-16-35-17-19-36(20-18-35)26-11-8-12-27(22-26)38-2;/h4-5,8,10-15,21-23H,6-7,9,16-20H2,1-3H3,(H2,33,34);1H2. The first kappa shape index (κ1) is 29.8. The number of guanidine groups is 1. The number of piperazine rings is 1. The van der Waals surface area contributed by atoms with Gasteiger partial charge >= 0.3 is 0 Å². The molecule has 0 radical (unpaired) electrons. The molecule has 0 spiro atoms. The number of methoxy groups -OCH3 is 2. The fourth-order valence-corrected chi connectivity index (χ4v) is 5.35. The number of aryl methyl sites for hydroxylation is 1. The van der Waals surface area contributed by atoms with E-state index in [-0.39, 0.29) is 5.48 Å². The lowest BCUT2D eigenvalue weighted by atomic mass is 10.1. The number of rotatable bonds is 10. The first-order valence-corrected chi connectivity index (χ1v) is 13.9. The van der Waals surface area contributed by atoms with E-state index < -0.39 is 0 Å². The molecule has 218 valence electrons. The Bertz CT molecular complexity index is 1450. The maximum absolute atomic E-state index is 6.42. The fourth-order valence-electron chi connectivity index (χ4n) is 5.35. The number of unbranched alkanes of at least 4 members (excludes halogenated alkanes) is 1. The average molecular weight is 560 g/mol. The molecule has 4 aromatic rings. The van der Waals surface area contributed by atoms with Crippen molar-refractivity contribution in [1.29, 1.82) is 0 Å². The zero-order chi connectivity index (χ0) is 27.9. The van der Waals surface area contributed by atoms with Crippen molar-refractivity contribution in [2.75, 3.05) is 63.8 Å². The van der Waals surface area contributed by atoms with Crippen molar-refractivity contribution >= 4 is 34.0 Å². The molecule has 0 saturated carbocycles. The second-order valence-electron chi connectivity index (χ2n) is 10.0. The van der Waals surface area contributed by atoms with Crippen LogP contribution < -0.4 is 25.0 Å². The van der Waals surface area contributed by atoms with Gasteiger partial charge in [-0.3, -0.25) is 9.89 Å². The lowest BCUT2D eigenvalue weighted by molar-refractivity contribution is 0.253. The molecule has 0 aliphatic carbocycles. The molecule has 1 aliphatic rings. The van der Waals surface area contributed by atoms with Gasteiger partial charge < -0.3 is 30.0 Å². The largest absolute Gasteiger partial charge is 0.497 e. The number of ether oxygens (including phenoxy) is 2. The summed E-state index contributed by atoms with van der Waals surface area (Å²) in [4.78, 5) is 11.1. The molecule has 1 aromatic heterocycles. The fraction of sp³-hybridized carbons (Fsp3) is 0.344. The Labute approximate surface area is 242 Å². The Kier molecular flexibility index (Phi) is 10.1. The summed E-state index contributed by atoms with van der Waals surface area (Å²) in [7, 11) is 5.07. The molecule has 9 nitrogen and oxygen atoms in total. The Balaban J connectivity index is 0.00000387. The van der Waals surface area contributed by atoms with Crippen molar-refractivity contribution in [3.05, 3.63) is 78.6 Å². The van der Waals surface area contributed by atoms with Crippen LogP contribution in [-0.4, -0.2) is 70.3 Å². The van der Waals surface area contributed by atoms with Crippen LogP contribution in [0.5, 0.6) is 11.5 Å². The highest BCUT2D eigenvalue weighted by Crippen LogP contribution is 2.39. The van der Waals surface area contributed by atoms with Gasteiger partial charge in [0.1, 0.15) is 17.8 Å². The minimum Gasteiger partial charge on any atom is -0.497 e. The third-order valence-electron chi connectivity index (χ3n) is 7.61. The number of hydrogen-bond acceptors (Lipinski definition) is 6. The lowest BCUT2D eigenvalue weighted by Crippen LogP contribution is -2.46. The minimum absolute atomic E-state index is 0. The molecule has 2 heterocycles. The van der Waals surface area contributed by atoms with Crippen LogP contribution in [-0.2, 0) is 6.42 Å². The number of benzene rings is 3. The second kappa shape index (κ2) is 13.9. The van der Waals surface area contributed by atoms with Crippen molar-refractivity contribution < 1.29 is 19.4 Å². The monoisotopic (exact) mass is 559 g/mol. The predicted octanol–water partition coefficient (Wildman–Crippen LogP) is 4.85. The molecule has 0 amide bonds. The van der Waals surface area contributed by atoms with E-state index in [2.05, 4.69) is 45.1 Å². The van der Waals surface area contributed by atoms with Gasteiger partial charge in [0, 0.05) is 55.8 Å². The average Bonchev–Trinajstić information content (AvgIpc) is 3.43. The normalized spacial score (nSPS) is 14.1. The van der Waals surface area contributed by atoms with Gasteiger partial charge in [-0.15, -0.1) is 0 Å². The van der Waals surface area contributed by atoms with Crippen LogP contribution in [0.3, 0.4) is 0 Å². The molecule has 1 fully saturated rings. The van der Waals surface area contributed by atoms with E-state index in [4.69, 9.17) is 19.6 Å². The maximum Gasteiger partial charge on any atom is 0.214 e. The van der Waals surface area contributed by atoms with E-state index in [9.17, 15) is 0 Å². The minimum atomic E-state index is 0. The third-order valence-corrected chi connectivity index (χ3v) is 7.61. The Hall–Kier alpha value is -4.21. The van der Waals surface area contributed by atoms with E-state index in [1.165, 1.54) is 11.3 Å². The third kappa shape index (κ3) is 6.75. The zero-order valence-corrected chi connectivity index (χ0v) is 24.2. The predicted molar refractivity (Wildman–Crippen MR) is 167 cm³/mol. The van der Waals surface area contributed by atoms with Gasteiger partial charge in [-0.05, 0) is 61.7 Å². The summed E-state index contributed by atoms with van der Waals surface area (Å²) in [6, 6.07) is 22.6. The summed E-state index contributed by atoms with van der Waals surface area (Å²) in [6.45, 7) is 5.32. The SMILES string of the molecule is CN=C(N)N(c1cc(CCCCN2CCN(c3cccc(OC)c3)CC2)ccc1OC)c1occ2ccccc12.O. The summed E-state index contributed by atoms with van der Waals surface area (Å²) in [5.74, 6) is 2.59. The van der Waals surface area contributed by atoms with Crippen LogP contribution in [0.2, 0.25) is 0 Å². The van der Waals surface area contributed by atoms with Crippen LogP contribution in [0.15, 0.2) is 82.4 Å². The molecular weight excluding hydrogens is 518 g/mol. The number of nitrogens with two attached hydrogens (primary N) is 1. The van der Waals surface area contributed by atoms with Gasteiger partial charge in [0.15, 0.2) is 0 Å². The van der Waals surface area contributed by atoms with Crippen LogP contribution >= 0.6 is 0 Å². The number of aliphatic imine (C=N–C) groups is 1. The molecule has 1 aliphatic heterocycles. The number of furan rings is 1. The molecule has 0 atom stereocenters. The first-order chi connectivity index (χ1) is 19.6. The Morgan fingerprint density at radius 2 is 1.76 bits per heavy atom. The summed E-state index contributed by atoms with van der Waals surface area (Å²) < 4.78 is 17.1. The summed E-state index contributed by atoms with van der Waals surface area (Å²) in [5, 5.41) is 1.97. The summed E-state index contributed by atoms with van der Waals surface area (Å²) >= 11 is 0. The van der Waals surface area contributed by atoms with Gasteiger partial charge in [0.05, 0.1) is 19.9 Å². The quantitative estimate of drug-likeness (QED) is 0.168. The van der Waals surface area contributed by atoms with Crippen LogP contribution in [0.4, 0.5) is 17.3 Å². The number of hydrogen-bond donors (Lipinski definition) is 1. The molecule has 0 bridgehead atoms. The van der Waals surface area contributed by atoms with Crippen LogP contribution in [0.1, 0.15) is 18.4 Å². The molecule has 4 N–H and O–H groups in total. The highest BCUT2D eigenvalue weighted by molar-refractivity contribution is 6.08. The second-order valence-corrected chi connectivity index (χ2v) is 10.0. The highest BCUT2D eigenvalue weighted by Gasteiger charge is 2.23. The van der Waals surface area contributed by atoms with Gasteiger partial charge in [-0.2, -0.15) is 0 Å². The van der Waals surface area contributed by atoms with Crippen molar-refractivity contribution in [3.63, 3.8) is 0 Å². The lowest BCUT2D eigenvalue weighted by Gasteiger charge is -2.36. The van der Waals surface area contributed by atoms with E-state index in [1.807, 2.05) is 41.3 Å². The van der Waals surface area contributed by atoms with Crippen molar-refractivity contribution in [2.24, 2.45) is 10.7 Å². The maximum atomic E-state index is 6.42. The molecule has 41 heavy (non-hydrogen) atoms. The molecular formula is C32H41N5O4. The zero-order valence-electron chi connectivity index (χ0n) is 24.2. The molecule has 9 heteroatoms. The summed E-state index contributed by atoms with van der Waals surface area (Å²) in [5.41, 5.74) is 9.69. The topological polar surface area (TPSA) is 111 Å². The van der Waals surface area contributed by atoms with Crippen molar-refractivity contribution in [3.8, 4) is 11.5 Å². The molecule has 5 rings (SSSR count). The summed E-state index contributed by atoms with van der Waals surface area (Å²) in [6.07, 6.45) is 4.96.